The minimum atomic E-state index is 0.682. The number of pyridine rings is 1. The van der Waals surface area contributed by atoms with Crippen molar-refractivity contribution in [3.63, 3.8) is 0 Å². The highest BCUT2D eigenvalue weighted by Gasteiger charge is 2.22. The molecule has 3 aromatic heterocycles. The fourth-order valence-electron chi connectivity index (χ4n) is 9.14. The van der Waals surface area contributed by atoms with Crippen molar-refractivity contribution in [3.05, 3.63) is 218 Å². The fourth-order valence-corrected chi connectivity index (χ4v) is 9.14. The highest BCUT2D eigenvalue weighted by Crippen LogP contribution is 2.42. The van der Waals surface area contributed by atoms with E-state index in [0.717, 1.165) is 78.0 Å². The molecule has 0 bridgehead atoms. The third kappa shape index (κ3) is 5.88. The summed E-state index contributed by atoms with van der Waals surface area (Å²) >= 11 is 0. The lowest BCUT2D eigenvalue weighted by atomic mass is 9.93. The Bertz CT molecular complexity index is 3600. The highest BCUT2D eigenvalue weighted by molar-refractivity contribution is 6.25. The van der Waals surface area contributed by atoms with Crippen LogP contribution in [0.5, 0.6) is 0 Å². The summed E-state index contributed by atoms with van der Waals surface area (Å²) in [6.07, 6.45) is 0. The van der Waals surface area contributed by atoms with E-state index in [1.54, 1.807) is 0 Å². The molecule has 0 N–H and O–H groups in total. The van der Waals surface area contributed by atoms with E-state index in [1.807, 2.05) is 6.07 Å². The van der Waals surface area contributed by atoms with Gasteiger partial charge in [-0.1, -0.05) is 194 Å². The average molecular weight is 777 g/mol. The van der Waals surface area contributed by atoms with Crippen LogP contribution in [0.25, 0.3) is 116 Å². The maximum Gasteiger partial charge on any atom is 0.160 e. The number of nitrogens with zero attached hydrogens (tertiary/aromatic N) is 4. The third-order valence-corrected chi connectivity index (χ3v) is 12.0. The summed E-state index contributed by atoms with van der Waals surface area (Å²) in [5, 5.41) is 15.1. The SMILES string of the molecule is c1ccc(-c2cc(-c3cccc(-c4cc5ccccc5c5c(-c6ccccc6)c(-c6ccccc6)nn45)c3)nc(-c3ccc4c5ccccc5c5ccccc5c4c3)n2)cc1. The van der Waals surface area contributed by atoms with Crippen LogP contribution in [0.2, 0.25) is 0 Å². The molecule has 12 rings (SSSR count). The molecule has 4 nitrogen and oxygen atoms in total. The first-order valence-electron chi connectivity index (χ1n) is 20.7. The first kappa shape index (κ1) is 34.8. The van der Waals surface area contributed by atoms with Crippen LogP contribution in [0.3, 0.4) is 0 Å². The molecule has 0 aliphatic carbocycles. The molecule has 0 atom stereocenters. The minimum absolute atomic E-state index is 0.682. The Balaban J connectivity index is 1.07. The van der Waals surface area contributed by atoms with Gasteiger partial charge in [0.2, 0.25) is 0 Å². The summed E-state index contributed by atoms with van der Waals surface area (Å²) in [5.41, 5.74) is 12.1. The molecule has 12 aromatic rings. The van der Waals surface area contributed by atoms with Gasteiger partial charge in [-0.15, -0.1) is 0 Å². The first-order chi connectivity index (χ1) is 30.2. The Morgan fingerprint density at radius 1 is 0.311 bits per heavy atom. The van der Waals surface area contributed by atoms with Gasteiger partial charge in [0.15, 0.2) is 5.82 Å². The summed E-state index contributed by atoms with van der Waals surface area (Å²) in [5.74, 6) is 0.682. The second-order valence-corrected chi connectivity index (χ2v) is 15.6. The van der Waals surface area contributed by atoms with Crippen LogP contribution in [-0.2, 0) is 0 Å². The Hall–Kier alpha value is -8.21. The monoisotopic (exact) mass is 776 g/mol. The molecular formula is C57H36N4. The zero-order valence-electron chi connectivity index (χ0n) is 33.1. The van der Waals surface area contributed by atoms with E-state index in [4.69, 9.17) is 15.1 Å². The Labute approximate surface area is 352 Å². The predicted octanol–water partition coefficient (Wildman–Crippen LogP) is 14.7. The summed E-state index contributed by atoms with van der Waals surface area (Å²) in [4.78, 5) is 10.6. The largest absolute Gasteiger partial charge is 0.231 e. The zero-order chi connectivity index (χ0) is 40.3. The van der Waals surface area contributed by atoms with E-state index < -0.39 is 0 Å². The minimum Gasteiger partial charge on any atom is -0.231 e. The first-order valence-corrected chi connectivity index (χ1v) is 20.7. The van der Waals surface area contributed by atoms with Gasteiger partial charge in [-0.3, -0.25) is 0 Å². The fraction of sp³-hybridized carbons (Fsp3) is 0. The maximum atomic E-state index is 5.45. The van der Waals surface area contributed by atoms with Gasteiger partial charge in [0.1, 0.15) is 5.69 Å². The van der Waals surface area contributed by atoms with Crippen LogP contribution in [0.1, 0.15) is 0 Å². The predicted molar refractivity (Wildman–Crippen MR) is 253 cm³/mol. The molecule has 9 aromatic carbocycles. The van der Waals surface area contributed by atoms with Gasteiger partial charge >= 0.3 is 0 Å². The van der Waals surface area contributed by atoms with Crippen molar-refractivity contribution in [1.82, 2.24) is 19.6 Å². The zero-order valence-corrected chi connectivity index (χ0v) is 33.1. The number of rotatable bonds is 6. The number of hydrogen-bond acceptors (Lipinski definition) is 3. The van der Waals surface area contributed by atoms with Crippen LogP contribution in [0, 0.1) is 0 Å². The van der Waals surface area contributed by atoms with Crippen molar-refractivity contribution in [3.8, 4) is 67.5 Å². The molecule has 0 unspecified atom stereocenters. The van der Waals surface area contributed by atoms with Crippen molar-refractivity contribution < 1.29 is 0 Å². The molecule has 0 spiro atoms. The molecule has 0 aliphatic rings. The number of aromatic nitrogens is 4. The molecular weight excluding hydrogens is 741 g/mol. The van der Waals surface area contributed by atoms with Crippen LogP contribution in [-0.4, -0.2) is 19.6 Å². The number of benzene rings is 9. The van der Waals surface area contributed by atoms with Crippen LogP contribution >= 0.6 is 0 Å². The number of fused-ring (bicyclic) bond motifs is 9. The van der Waals surface area contributed by atoms with E-state index in [-0.39, 0.29) is 0 Å². The Morgan fingerprint density at radius 2 is 0.820 bits per heavy atom. The van der Waals surface area contributed by atoms with Crippen LogP contribution in [0.4, 0.5) is 0 Å². The molecule has 0 radical (unpaired) electrons. The summed E-state index contributed by atoms with van der Waals surface area (Å²) in [6, 6.07) is 77.3. The van der Waals surface area contributed by atoms with Gasteiger partial charge < -0.3 is 0 Å². The van der Waals surface area contributed by atoms with Gasteiger partial charge in [0, 0.05) is 38.8 Å². The van der Waals surface area contributed by atoms with Gasteiger partial charge in [-0.2, -0.15) is 5.10 Å². The molecule has 0 amide bonds. The van der Waals surface area contributed by atoms with Gasteiger partial charge in [-0.25, -0.2) is 14.5 Å². The van der Waals surface area contributed by atoms with Crippen molar-refractivity contribution in [2.75, 3.05) is 0 Å². The topological polar surface area (TPSA) is 43.1 Å². The average Bonchev–Trinajstić information content (AvgIpc) is 3.76. The van der Waals surface area contributed by atoms with Gasteiger partial charge in [0.05, 0.1) is 22.6 Å². The molecule has 0 saturated heterocycles. The normalized spacial score (nSPS) is 11.6. The van der Waals surface area contributed by atoms with Crippen LogP contribution in [0.15, 0.2) is 218 Å². The van der Waals surface area contributed by atoms with Crippen molar-refractivity contribution in [2.45, 2.75) is 0 Å². The summed E-state index contributed by atoms with van der Waals surface area (Å²) in [6.45, 7) is 0. The summed E-state index contributed by atoms with van der Waals surface area (Å²) < 4.78 is 2.15. The van der Waals surface area contributed by atoms with E-state index in [2.05, 4.69) is 217 Å². The quantitative estimate of drug-likeness (QED) is 0.158. The lowest BCUT2D eigenvalue weighted by Gasteiger charge is -2.14. The standard InChI is InChI=1S/C57H36N4/c1-4-17-37(18-5-1)51-36-52(59-57(58-51)43-31-32-49-47-29-13-12-27-45(47)46-28-14-15-30-48(46)50(49)34-43)41-24-16-25-42(33-41)53-35-40-23-10-11-26-44(40)56-54(38-19-6-2-7-20-38)55(60-61(53)56)39-21-8-3-9-22-39/h1-36H. The molecule has 0 fully saturated rings. The van der Waals surface area contributed by atoms with Crippen molar-refractivity contribution in [2.24, 2.45) is 0 Å². The Morgan fingerprint density at radius 3 is 1.49 bits per heavy atom. The third-order valence-electron chi connectivity index (χ3n) is 12.0. The molecule has 0 saturated carbocycles. The highest BCUT2D eigenvalue weighted by atomic mass is 15.2. The van der Waals surface area contributed by atoms with E-state index >= 15 is 0 Å². The van der Waals surface area contributed by atoms with E-state index in [1.165, 1.54) is 32.3 Å². The van der Waals surface area contributed by atoms with Gasteiger partial charge in [0.25, 0.3) is 0 Å². The lowest BCUT2D eigenvalue weighted by Crippen LogP contribution is -1.98. The smallest absolute Gasteiger partial charge is 0.160 e. The van der Waals surface area contributed by atoms with Crippen molar-refractivity contribution in [1.29, 1.82) is 0 Å². The maximum absolute atomic E-state index is 5.45. The molecule has 3 heterocycles. The lowest BCUT2D eigenvalue weighted by molar-refractivity contribution is 0.979. The second kappa shape index (κ2) is 14.3. The molecule has 4 heteroatoms. The second-order valence-electron chi connectivity index (χ2n) is 15.6. The molecule has 0 aliphatic heterocycles. The van der Waals surface area contributed by atoms with Crippen molar-refractivity contribution >= 4 is 48.6 Å². The molecule has 284 valence electrons. The summed E-state index contributed by atoms with van der Waals surface area (Å²) in [7, 11) is 0. The van der Waals surface area contributed by atoms with E-state index in [9.17, 15) is 0 Å². The van der Waals surface area contributed by atoms with Gasteiger partial charge in [-0.05, 0) is 67.5 Å². The van der Waals surface area contributed by atoms with Crippen LogP contribution < -0.4 is 0 Å². The molecule has 61 heavy (non-hydrogen) atoms. The Kier molecular flexibility index (Phi) is 8.13. The van der Waals surface area contributed by atoms with E-state index in [0.29, 0.717) is 5.82 Å². The number of hydrogen-bond donors (Lipinski definition) is 0.